The molecule has 0 bridgehead atoms. The van der Waals surface area contributed by atoms with Gasteiger partial charge in [0.15, 0.2) is 11.6 Å². The number of alkyl halides is 4. The summed E-state index contributed by atoms with van der Waals surface area (Å²) in [6.07, 6.45) is -4.51. The van der Waals surface area contributed by atoms with E-state index in [9.17, 15) is 22.4 Å². The van der Waals surface area contributed by atoms with Gasteiger partial charge >= 0.3 is 6.18 Å². The average molecular weight is 358 g/mol. The third-order valence-corrected chi connectivity index (χ3v) is 2.77. The van der Waals surface area contributed by atoms with E-state index in [1.165, 1.54) is 19.2 Å². The number of hydrogen-bond donors (Lipinski definition) is 0. The van der Waals surface area contributed by atoms with Crippen LogP contribution in [-0.2, 0) is 0 Å². The summed E-state index contributed by atoms with van der Waals surface area (Å²) in [5.74, 6) is -1.77. The van der Waals surface area contributed by atoms with Gasteiger partial charge in [-0.05, 0) is 18.2 Å². The van der Waals surface area contributed by atoms with E-state index in [4.69, 9.17) is 0 Å². The molecule has 0 saturated heterocycles. The lowest BCUT2D eigenvalue weighted by Gasteiger charge is -2.23. The van der Waals surface area contributed by atoms with Crippen molar-refractivity contribution in [1.82, 2.24) is 4.90 Å². The molecule has 1 aromatic carbocycles. The molecular weight excluding hydrogens is 346 g/mol. The fraction of sp³-hybridized carbons (Fsp3) is 0.417. The van der Waals surface area contributed by atoms with Gasteiger partial charge in [-0.1, -0.05) is 15.9 Å². The highest BCUT2D eigenvalue weighted by Crippen LogP contribution is 2.21. The molecule has 0 aliphatic rings. The van der Waals surface area contributed by atoms with Crippen LogP contribution in [0.2, 0.25) is 0 Å². The number of halogens is 5. The summed E-state index contributed by atoms with van der Waals surface area (Å²) in [6, 6.07) is 3.28. The van der Waals surface area contributed by atoms with Gasteiger partial charge in [-0.25, -0.2) is 4.39 Å². The Morgan fingerprint density at radius 2 is 2.05 bits per heavy atom. The van der Waals surface area contributed by atoms with Crippen LogP contribution in [0, 0.1) is 5.82 Å². The van der Waals surface area contributed by atoms with Crippen LogP contribution in [0.3, 0.4) is 0 Å². The Hall–Kier alpha value is -1.31. The Balaban J connectivity index is 2.97. The van der Waals surface area contributed by atoms with Gasteiger partial charge in [0.2, 0.25) is 0 Å². The van der Waals surface area contributed by atoms with Crippen LogP contribution in [0.25, 0.3) is 0 Å². The van der Waals surface area contributed by atoms with Crippen molar-refractivity contribution in [3.63, 3.8) is 0 Å². The maximum Gasteiger partial charge on any atom is 0.406 e. The predicted molar refractivity (Wildman–Crippen MR) is 68.7 cm³/mol. The average Bonchev–Trinajstić information content (AvgIpc) is 2.35. The smallest absolute Gasteiger partial charge is 0.406 e. The van der Waals surface area contributed by atoms with Gasteiger partial charge in [0.1, 0.15) is 6.54 Å². The summed E-state index contributed by atoms with van der Waals surface area (Å²) in [5.41, 5.74) is -0.159. The van der Waals surface area contributed by atoms with Crippen molar-refractivity contribution in [3.8, 4) is 5.75 Å². The van der Waals surface area contributed by atoms with E-state index in [0.717, 1.165) is 6.07 Å². The SMILES string of the molecule is COc1ccc(C(=O)N(CCBr)CC(F)(F)F)cc1F. The number of amides is 1. The Kier molecular flexibility index (Phi) is 5.79. The summed E-state index contributed by atoms with van der Waals surface area (Å²) in [6.45, 7) is -1.52. The third kappa shape index (κ3) is 4.66. The third-order valence-electron chi connectivity index (χ3n) is 2.41. The summed E-state index contributed by atoms with van der Waals surface area (Å²) < 4.78 is 55.4. The van der Waals surface area contributed by atoms with Gasteiger partial charge in [0.05, 0.1) is 7.11 Å². The molecule has 8 heteroatoms. The number of rotatable bonds is 5. The van der Waals surface area contributed by atoms with Crippen LogP contribution < -0.4 is 4.74 Å². The number of hydrogen-bond acceptors (Lipinski definition) is 2. The van der Waals surface area contributed by atoms with Crippen LogP contribution in [0.5, 0.6) is 5.75 Å². The molecular formula is C12H12BrF4NO2. The van der Waals surface area contributed by atoms with Crippen molar-refractivity contribution in [2.45, 2.75) is 6.18 Å². The molecule has 1 rings (SSSR count). The summed E-state index contributed by atoms with van der Waals surface area (Å²) in [5, 5.41) is 0.188. The van der Waals surface area contributed by atoms with Crippen molar-refractivity contribution in [2.75, 3.05) is 25.5 Å². The van der Waals surface area contributed by atoms with Crippen molar-refractivity contribution in [2.24, 2.45) is 0 Å². The Labute approximate surface area is 121 Å². The van der Waals surface area contributed by atoms with Gasteiger partial charge < -0.3 is 9.64 Å². The lowest BCUT2D eigenvalue weighted by atomic mass is 10.2. The minimum absolute atomic E-state index is 0.0792. The lowest BCUT2D eigenvalue weighted by Crippen LogP contribution is -2.40. The van der Waals surface area contributed by atoms with E-state index in [1.807, 2.05) is 0 Å². The van der Waals surface area contributed by atoms with Gasteiger partial charge in [-0.2, -0.15) is 13.2 Å². The molecule has 0 fully saturated rings. The second-order valence-corrected chi connectivity index (χ2v) is 4.67. The first-order valence-electron chi connectivity index (χ1n) is 5.54. The zero-order chi connectivity index (χ0) is 15.3. The predicted octanol–water partition coefficient (Wildman–Crippen LogP) is 3.23. The zero-order valence-electron chi connectivity index (χ0n) is 10.5. The molecule has 0 N–H and O–H groups in total. The fourth-order valence-electron chi connectivity index (χ4n) is 1.55. The highest BCUT2D eigenvalue weighted by atomic mass is 79.9. The van der Waals surface area contributed by atoms with Gasteiger partial charge in [-0.3, -0.25) is 4.79 Å². The number of carbonyl (C=O) groups is 1. The zero-order valence-corrected chi connectivity index (χ0v) is 12.1. The molecule has 0 radical (unpaired) electrons. The minimum atomic E-state index is -4.51. The normalized spacial score (nSPS) is 11.3. The van der Waals surface area contributed by atoms with Crippen molar-refractivity contribution < 1.29 is 27.1 Å². The van der Waals surface area contributed by atoms with Gasteiger partial charge in [-0.15, -0.1) is 0 Å². The standard InChI is InChI=1S/C12H12BrF4NO2/c1-20-10-3-2-8(6-9(10)14)11(19)18(5-4-13)7-12(15,16)17/h2-3,6H,4-5,7H2,1H3. The number of ether oxygens (including phenoxy) is 1. The maximum absolute atomic E-state index is 13.5. The van der Waals surface area contributed by atoms with E-state index >= 15 is 0 Å². The van der Waals surface area contributed by atoms with Crippen LogP contribution >= 0.6 is 15.9 Å². The van der Waals surface area contributed by atoms with E-state index < -0.39 is 24.4 Å². The highest BCUT2D eigenvalue weighted by Gasteiger charge is 2.33. The molecule has 3 nitrogen and oxygen atoms in total. The molecule has 1 amide bonds. The Morgan fingerprint density at radius 1 is 1.40 bits per heavy atom. The molecule has 0 aliphatic carbocycles. The number of nitrogens with zero attached hydrogens (tertiary/aromatic N) is 1. The summed E-state index contributed by atoms with van der Waals surface area (Å²) in [4.78, 5) is 12.6. The molecule has 112 valence electrons. The first-order valence-corrected chi connectivity index (χ1v) is 6.66. The number of carbonyl (C=O) groups excluding carboxylic acids is 1. The number of methoxy groups -OCH3 is 1. The van der Waals surface area contributed by atoms with Gasteiger partial charge in [0.25, 0.3) is 5.91 Å². The largest absolute Gasteiger partial charge is 0.494 e. The molecule has 0 atom stereocenters. The molecule has 1 aromatic rings. The van der Waals surface area contributed by atoms with E-state index in [0.29, 0.717) is 4.90 Å². The second kappa shape index (κ2) is 6.92. The van der Waals surface area contributed by atoms with Crippen molar-refractivity contribution in [1.29, 1.82) is 0 Å². The molecule has 0 unspecified atom stereocenters. The second-order valence-electron chi connectivity index (χ2n) is 3.88. The molecule has 20 heavy (non-hydrogen) atoms. The molecule has 0 saturated carbocycles. The maximum atomic E-state index is 13.5. The minimum Gasteiger partial charge on any atom is -0.494 e. The first-order chi connectivity index (χ1) is 9.28. The van der Waals surface area contributed by atoms with Crippen molar-refractivity contribution in [3.05, 3.63) is 29.6 Å². The Morgan fingerprint density at radius 3 is 2.50 bits per heavy atom. The van der Waals surface area contributed by atoms with Crippen LogP contribution in [-0.4, -0.2) is 42.5 Å². The van der Waals surface area contributed by atoms with Gasteiger partial charge in [0, 0.05) is 17.4 Å². The van der Waals surface area contributed by atoms with Crippen LogP contribution in [0.4, 0.5) is 17.6 Å². The van der Waals surface area contributed by atoms with Crippen LogP contribution in [0.15, 0.2) is 18.2 Å². The van der Waals surface area contributed by atoms with E-state index in [1.54, 1.807) is 0 Å². The fourth-order valence-corrected chi connectivity index (χ4v) is 1.98. The molecule has 0 aromatic heterocycles. The summed E-state index contributed by atoms with van der Waals surface area (Å²) in [7, 11) is 1.25. The van der Waals surface area contributed by atoms with Crippen LogP contribution in [0.1, 0.15) is 10.4 Å². The molecule has 0 heterocycles. The molecule has 0 aliphatic heterocycles. The first kappa shape index (κ1) is 16.7. The quantitative estimate of drug-likeness (QED) is 0.598. The molecule has 0 spiro atoms. The van der Waals surface area contributed by atoms with E-state index in [2.05, 4.69) is 20.7 Å². The highest BCUT2D eigenvalue weighted by molar-refractivity contribution is 9.09. The number of benzene rings is 1. The monoisotopic (exact) mass is 357 g/mol. The lowest BCUT2D eigenvalue weighted by molar-refractivity contribution is -0.140. The van der Waals surface area contributed by atoms with Crippen molar-refractivity contribution >= 4 is 21.8 Å². The Bertz CT molecular complexity index is 479. The topological polar surface area (TPSA) is 29.5 Å². The summed E-state index contributed by atoms with van der Waals surface area (Å²) >= 11 is 2.98. The van der Waals surface area contributed by atoms with E-state index in [-0.39, 0.29) is 23.2 Å².